The topological polar surface area (TPSA) is 56.5 Å². The Balaban J connectivity index is 1.49. The molecule has 0 amide bonds. The Hall–Kier alpha value is -2.74. The molecule has 0 bridgehead atoms. The van der Waals surface area contributed by atoms with Gasteiger partial charge in [0.15, 0.2) is 5.82 Å². The van der Waals surface area contributed by atoms with Gasteiger partial charge in [-0.1, -0.05) is 36.7 Å². The molecule has 0 saturated heterocycles. The van der Waals surface area contributed by atoms with E-state index in [4.69, 9.17) is 11.6 Å². The molecule has 0 radical (unpaired) electrons. The van der Waals surface area contributed by atoms with E-state index in [-0.39, 0.29) is 0 Å². The van der Waals surface area contributed by atoms with Crippen LogP contribution >= 0.6 is 34.7 Å². The van der Waals surface area contributed by atoms with Gasteiger partial charge >= 0.3 is 0 Å². The maximum Gasteiger partial charge on any atom is 0.202 e. The maximum absolute atomic E-state index is 6.12. The first-order chi connectivity index (χ1) is 16.2. The molecular formula is C25H20ClN5S2. The van der Waals surface area contributed by atoms with Crippen LogP contribution in [0.3, 0.4) is 0 Å². The predicted molar refractivity (Wildman–Crippen MR) is 135 cm³/mol. The zero-order chi connectivity index (χ0) is 22.4. The van der Waals surface area contributed by atoms with Crippen LogP contribution in [-0.4, -0.2) is 24.7 Å². The van der Waals surface area contributed by atoms with Crippen molar-refractivity contribution in [2.45, 2.75) is 36.4 Å². The molecule has 1 aliphatic carbocycles. The van der Waals surface area contributed by atoms with Crippen molar-refractivity contribution in [2.75, 3.05) is 0 Å². The number of hydrogen-bond donors (Lipinski definition) is 0. The molecule has 8 heteroatoms. The highest BCUT2D eigenvalue weighted by Gasteiger charge is 2.25. The number of para-hydroxylation sites is 1. The van der Waals surface area contributed by atoms with Crippen LogP contribution in [0.4, 0.5) is 0 Å². The minimum atomic E-state index is 0.694. The van der Waals surface area contributed by atoms with E-state index in [2.05, 4.69) is 43.8 Å². The first-order valence-electron chi connectivity index (χ1n) is 10.9. The summed E-state index contributed by atoms with van der Waals surface area (Å²) in [5.41, 5.74) is 3.37. The minimum Gasteiger partial charge on any atom is -0.270 e. The normalized spacial score (nSPS) is 15.6. The number of benzene rings is 2. The number of nitrogens with zero attached hydrogens (tertiary/aromatic N) is 5. The van der Waals surface area contributed by atoms with Crippen molar-refractivity contribution in [1.82, 2.24) is 24.7 Å². The Morgan fingerprint density at radius 1 is 1.03 bits per heavy atom. The van der Waals surface area contributed by atoms with Crippen molar-refractivity contribution in [1.29, 1.82) is 0 Å². The second-order valence-electron chi connectivity index (χ2n) is 8.30. The van der Waals surface area contributed by atoms with Crippen molar-refractivity contribution < 1.29 is 0 Å². The molecule has 5 aromatic rings. The van der Waals surface area contributed by atoms with Gasteiger partial charge in [0.2, 0.25) is 5.16 Å². The summed E-state index contributed by atoms with van der Waals surface area (Å²) in [5, 5.41) is 12.7. The molecule has 0 saturated carbocycles. The van der Waals surface area contributed by atoms with Gasteiger partial charge in [0.1, 0.15) is 16.2 Å². The van der Waals surface area contributed by atoms with Crippen LogP contribution in [0.2, 0.25) is 5.02 Å². The fourth-order valence-electron chi connectivity index (χ4n) is 4.34. The van der Waals surface area contributed by atoms with E-state index in [1.165, 1.54) is 22.2 Å². The SMILES string of the molecule is C[C@H]1CCc2c(sc3ncnc(Sc4nnc(-c5ccc(Cl)cc5)n4-c4ccccc4)c23)C1. The lowest BCUT2D eigenvalue weighted by atomic mass is 9.89. The van der Waals surface area contributed by atoms with Gasteiger partial charge in [0, 0.05) is 26.5 Å². The largest absolute Gasteiger partial charge is 0.270 e. The van der Waals surface area contributed by atoms with Crippen molar-refractivity contribution in [3.05, 3.63) is 76.4 Å². The standard InChI is InChI=1S/C25H20ClN5S2/c1-15-7-12-19-20(13-15)32-23-21(19)24(28-14-27-23)33-25-30-29-22(16-8-10-17(26)11-9-16)31(25)18-5-3-2-4-6-18/h2-6,8-11,14-15H,7,12-13H2,1H3/t15-/m0/s1. The number of thiophene rings is 1. The van der Waals surface area contributed by atoms with Crippen molar-refractivity contribution >= 4 is 44.9 Å². The third kappa shape index (κ3) is 3.84. The second kappa shape index (κ2) is 8.56. The fraction of sp³-hybridized carbons (Fsp3) is 0.200. The molecule has 33 heavy (non-hydrogen) atoms. The minimum absolute atomic E-state index is 0.694. The van der Waals surface area contributed by atoms with Crippen molar-refractivity contribution in [2.24, 2.45) is 5.92 Å². The number of halogens is 1. The maximum atomic E-state index is 6.12. The van der Waals surface area contributed by atoms with Crippen LogP contribution in [0.25, 0.3) is 27.3 Å². The lowest BCUT2D eigenvalue weighted by Crippen LogP contribution is -2.08. The van der Waals surface area contributed by atoms with Gasteiger partial charge in [0.25, 0.3) is 0 Å². The van der Waals surface area contributed by atoms with Crippen LogP contribution < -0.4 is 0 Å². The lowest BCUT2D eigenvalue weighted by molar-refractivity contribution is 0.509. The molecule has 1 aliphatic rings. The molecule has 0 N–H and O–H groups in total. The van der Waals surface area contributed by atoms with Gasteiger partial charge in [-0.05, 0) is 78.9 Å². The Kier molecular flexibility index (Phi) is 5.40. The highest BCUT2D eigenvalue weighted by atomic mass is 35.5. The summed E-state index contributed by atoms with van der Waals surface area (Å²) < 4.78 is 2.09. The molecule has 0 fully saturated rings. The van der Waals surface area contributed by atoms with Gasteiger partial charge in [-0.15, -0.1) is 21.5 Å². The van der Waals surface area contributed by atoms with E-state index in [1.54, 1.807) is 18.1 Å². The third-order valence-electron chi connectivity index (χ3n) is 6.00. The zero-order valence-corrected chi connectivity index (χ0v) is 20.3. The van der Waals surface area contributed by atoms with Gasteiger partial charge in [-0.2, -0.15) is 0 Å². The van der Waals surface area contributed by atoms with Gasteiger partial charge in [-0.3, -0.25) is 4.57 Å². The monoisotopic (exact) mass is 489 g/mol. The molecular weight excluding hydrogens is 470 g/mol. The quantitative estimate of drug-likeness (QED) is 0.258. The summed E-state index contributed by atoms with van der Waals surface area (Å²) in [7, 11) is 0. The van der Waals surface area contributed by atoms with Gasteiger partial charge in [-0.25, -0.2) is 9.97 Å². The van der Waals surface area contributed by atoms with E-state index >= 15 is 0 Å². The first-order valence-corrected chi connectivity index (χ1v) is 12.9. The number of fused-ring (bicyclic) bond motifs is 3. The molecule has 1 atom stereocenters. The smallest absolute Gasteiger partial charge is 0.202 e. The lowest BCUT2D eigenvalue weighted by Gasteiger charge is -2.18. The number of hydrogen-bond acceptors (Lipinski definition) is 6. The fourth-order valence-corrected chi connectivity index (χ4v) is 6.84. The van der Waals surface area contributed by atoms with Crippen LogP contribution in [-0.2, 0) is 12.8 Å². The van der Waals surface area contributed by atoms with E-state index in [0.717, 1.165) is 50.8 Å². The van der Waals surface area contributed by atoms with Crippen LogP contribution in [0.5, 0.6) is 0 Å². The molecule has 3 heterocycles. The van der Waals surface area contributed by atoms with Crippen LogP contribution in [0.1, 0.15) is 23.8 Å². The molecule has 0 unspecified atom stereocenters. The van der Waals surface area contributed by atoms with Crippen molar-refractivity contribution in [3.63, 3.8) is 0 Å². The molecule has 5 nitrogen and oxygen atoms in total. The zero-order valence-electron chi connectivity index (χ0n) is 17.9. The summed E-state index contributed by atoms with van der Waals surface area (Å²) in [4.78, 5) is 11.8. The second-order valence-corrected chi connectivity index (χ2v) is 10.8. The van der Waals surface area contributed by atoms with E-state index in [0.29, 0.717) is 5.02 Å². The van der Waals surface area contributed by atoms with E-state index < -0.39 is 0 Å². The average Bonchev–Trinajstić information content (AvgIpc) is 3.41. The van der Waals surface area contributed by atoms with Gasteiger partial charge < -0.3 is 0 Å². The van der Waals surface area contributed by atoms with Gasteiger partial charge in [0.05, 0.1) is 0 Å². The Morgan fingerprint density at radius 2 is 1.85 bits per heavy atom. The Bertz CT molecular complexity index is 1440. The molecule has 0 aliphatic heterocycles. The van der Waals surface area contributed by atoms with Crippen LogP contribution in [0, 0.1) is 5.92 Å². The summed E-state index contributed by atoms with van der Waals surface area (Å²) >= 11 is 9.49. The number of rotatable bonds is 4. The van der Waals surface area contributed by atoms with Crippen LogP contribution in [0.15, 0.2) is 71.1 Å². The molecule has 3 aromatic heterocycles. The average molecular weight is 490 g/mol. The molecule has 6 rings (SSSR count). The molecule has 164 valence electrons. The third-order valence-corrected chi connectivity index (χ3v) is 8.36. The van der Waals surface area contributed by atoms with Crippen molar-refractivity contribution in [3.8, 4) is 17.1 Å². The highest BCUT2D eigenvalue weighted by molar-refractivity contribution is 7.99. The summed E-state index contributed by atoms with van der Waals surface area (Å²) in [6, 6.07) is 17.9. The Labute approximate surface area is 204 Å². The highest BCUT2D eigenvalue weighted by Crippen LogP contribution is 2.42. The molecule has 2 aromatic carbocycles. The number of aryl methyl sites for hydroxylation is 1. The first kappa shape index (κ1) is 20.8. The van der Waals surface area contributed by atoms with E-state index in [9.17, 15) is 0 Å². The predicted octanol–water partition coefficient (Wildman–Crippen LogP) is 6.87. The Morgan fingerprint density at radius 3 is 2.67 bits per heavy atom. The molecule has 0 spiro atoms. The summed E-state index contributed by atoms with van der Waals surface area (Å²) in [6.45, 7) is 2.33. The number of aromatic nitrogens is 5. The van der Waals surface area contributed by atoms with E-state index in [1.807, 2.05) is 53.8 Å². The summed E-state index contributed by atoms with van der Waals surface area (Å²) in [5.74, 6) is 1.49. The summed E-state index contributed by atoms with van der Waals surface area (Å²) in [6.07, 6.45) is 5.08.